The Balaban J connectivity index is 2.21. The smallest absolute Gasteiger partial charge is 0.0893 e. The summed E-state index contributed by atoms with van der Waals surface area (Å²) in [6.45, 7) is 11.7. The van der Waals surface area contributed by atoms with E-state index < -0.39 is 8.07 Å². The van der Waals surface area contributed by atoms with E-state index in [-0.39, 0.29) is 0 Å². The van der Waals surface area contributed by atoms with Crippen molar-refractivity contribution in [2.45, 2.75) is 108 Å². The molecule has 2 fully saturated rings. The fourth-order valence-corrected chi connectivity index (χ4v) is 7.34. The summed E-state index contributed by atoms with van der Waals surface area (Å²) in [5.74, 6) is 0. The summed E-state index contributed by atoms with van der Waals surface area (Å²) >= 11 is 0. The zero-order valence-corrected chi connectivity index (χ0v) is 15.7. The highest BCUT2D eigenvalue weighted by atomic mass is 28.3. The van der Waals surface area contributed by atoms with Crippen molar-refractivity contribution >= 4 is 8.07 Å². The van der Waals surface area contributed by atoms with Crippen molar-refractivity contribution in [3.8, 4) is 0 Å². The van der Waals surface area contributed by atoms with Crippen molar-refractivity contribution in [2.24, 2.45) is 0 Å². The van der Waals surface area contributed by atoms with Crippen LogP contribution in [0.4, 0.5) is 0 Å². The summed E-state index contributed by atoms with van der Waals surface area (Å²) in [6, 6.07) is 1.75. The number of hydrogen-bond acceptors (Lipinski definition) is 1. The molecule has 1 unspecified atom stereocenters. The third kappa shape index (κ3) is 4.22. The third-order valence-electron chi connectivity index (χ3n) is 6.12. The van der Waals surface area contributed by atoms with Crippen molar-refractivity contribution in [3.63, 3.8) is 0 Å². The summed E-state index contributed by atoms with van der Waals surface area (Å²) < 4.78 is 0. The lowest BCUT2D eigenvalue weighted by molar-refractivity contribution is 0.0617. The van der Waals surface area contributed by atoms with Crippen molar-refractivity contribution in [1.82, 2.24) is 4.90 Å². The highest BCUT2D eigenvalue weighted by molar-refractivity contribution is 6.83. The Bertz CT molecular complexity index is 296. The largest absolute Gasteiger partial charge is 0.297 e. The number of hydrogen-bond donors (Lipinski definition) is 0. The van der Waals surface area contributed by atoms with Gasteiger partial charge in [-0.05, 0) is 32.1 Å². The average Bonchev–Trinajstić information content (AvgIpc) is 2.54. The second kappa shape index (κ2) is 7.96. The highest BCUT2D eigenvalue weighted by Gasteiger charge is 2.39. The van der Waals surface area contributed by atoms with E-state index in [1.54, 1.807) is 0 Å². The van der Waals surface area contributed by atoms with E-state index in [2.05, 4.69) is 37.2 Å². The Labute approximate surface area is 134 Å². The summed E-state index contributed by atoms with van der Waals surface area (Å²) in [5, 5.41) is 0. The minimum atomic E-state index is -1.35. The molecule has 0 bridgehead atoms. The minimum Gasteiger partial charge on any atom is -0.297 e. The van der Waals surface area contributed by atoms with Crippen LogP contribution in [0, 0.1) is 0 Å². The predicted octanol–water partition coefficient (Wildman–Crippen LogP) is 5.71. The molecule has 2 aliphatic rings. The Morgan fingerprint density at radius 3 is 1.71 bits per heavy atom. The molecule has 21 heavy (non-hydrogen) atoms. The Morgan fingerprint density at radius 1 is 0.952 bits per heavy atom. The topological polar surface area (TPSA) is 3.24 Å². The Hall–Kier alpha value is -0.0831. The van der Waals surface area contributed by atoms with E-state index in [9.17, 15) is 0 Å². The first-order chi connectivity index (χ1) is 10.1. The maximum atomic E-state index is 4.21. The fourth-order valence-electron chi connectivity index (χ4n) is 4.82. The van der Waals surface area contributed by atoms with Gasteiger partial charge in [-0.25, -0.2) is 0 Å². The molecule has 0 N–H and O–H groups in total. The molecule has 0 aromatic heterocycles. The minimum absolute atomic E-state index is 0.807. The maximum Gasteiger partial charge on any atom is 0.0893 e. The van der Waals surface area contributed by atoms with E-state index in [4.69, 9.17) is 0 Å². The van der Waals surface area contributed by atoms with Crippen LogP contribution >= 0.6 is 0 Å². The summed E-state index contributed by atoms with van der Waals surface area (Å²) in [5.41, 5.74) is 3.15. The average molecular weight is 308 g/mol. The zero-order valence-electron chi connectivity index (χ0n) is 14.7. The van der Waals surface area contributed by atoms with Crippen LogP contribution in [-0.4, -0.2) is 30.7 Å². The van der Waals surface area contributed by atoms with Crippen LogP contribution in [0.2, 0.25) is 13.1 Å². The van der Waals surface area contributed by atoms with Crippen molar-refractivity contribution < 1.29 is 0 Å². The van der Waals surface area contributed by atoms with Gasteiger partial charge in [0.1, 0.15) is 0 Å². The molecule has 0 spiro atoms. The molecule has 0 aromatic rings. The molecule has 0 amide bonds. The van der Waals surface area contributed by atoms with Crippen molar-refractivity contribution in [1.29, 1.82) is 0 Å². The van der Waals surface area contributed by atoms with Gasteiger partial charge in [-0.15, -0.1) is 12.3 Å². The van der Waals surface area contributed by atoms with Gasteiger partial charge >= 0.3 is 0 Å². The molecular weight excluding hydrogens is 270 g/mol. The van der Waals surface area contributed by atoms with Crippen LogP contribution in [0.25, 0.3) is 0 Å². The van der Waals surface area contributed by atoms with Crippen molar-refractivity contribution in [2.75, 3.05) is 0 Å². The first kappa shape index (κ1) is 17.3. The fraction of sp³-hybridized carbons (Fsp3) is 0.895. The molecule has 0 radical (unpaired) electrons. The standard InChI is InChI=1S/C19H37NSi/c1-5-19(21(3,4)6-2)20(17-13-9-7-10-14-17)18-15-11-8-12-16-18/h6,17-19H,2,5,7-16H2,1,3-4H3. The second-order valence-electron chi connectivity index (χ2n) is 7.98. The van der Waals surface area contributed by atoms with Gasteiger partial charge in [-0.3, -0.25) is 4.90 Å². The highest BCUT2D eigenvalue weighted by Crippen LogP contribution is 2.35. The normalized spacial score (nSPS) is 24.2. The number of nitrogens with zero attached hydrogens (tertiary/aromatic N) is 1. The summed E-state index contributed by atoms with van der Waals surface area (Å²) in [4.78, 5) is 3.05. The van der Waals surface area contributed by atoms with Crippen LogP contribution in [0.15, 0.2) is 12.3 Å². The number of rotatable bonds is 6. The van der Waals surface area contributed by atoms with Crippen LogP contribution in [0.5, 0.6) is 0 Å². The van der Waals surface area contributed by atoms with Crippen LogP contribution in [0.1, 0.15) is 77.6 Å². The first-order valence-corrected chi connectivity index (χ1v) is 12.7. The molecule has 0 aromatic carbocycles. The van der Waals surface area contributed by atoms with Gasteiger partial charge in [-0.1, -0.05) is 58.5 Å². The van der Waals surface area contributed by atoms with E-state index in [0.717, 1.165) is 17.7 Å². The third-order valence-corrected chi connectivity index (χ3v) is 9.60. The quantitative estimate of drug-likeness (QED) is 0.568. The van der Waals surface area contributed by atoms with Gasteiger partial charge in [0.25, 0.3) is 0 Å². The molecule has 2 saturated carbocycles. The molecule has 2 rings (SSSR count). The SMILES string of the molecule is C=C[Si](C)(C)C(CC)N(C1CCCCC1)C1CCCCC1. The van der Waals surface area contributed by atoms with E-state index in [0.29, 0.717) is 0 Å². The van der Waals surface area contributed by atoms with E-state index >= 15 is 0 Å². The van der Waals surface area contributed by atoms with Gasteiger partial charge < -0.3 is 0 Å². The first-order valence-electron chi connectivity index (χ1n) is 9.51. The van der Waals surface area contributed by atoms with Gasteiger partial charge in [0, 0.05) is 17.7 Å². The molecular formula is C19H37NSi. The molecule has 1 atom stereocenters. The molecule has 2 heteroatoms. The molecule has 0 aliphatic heterocycles. The molecule has 0 saturated heterocycles. The van der Waals surface area contributed by atoms with Gasteiger partial charge in [0.2, 0.25) is 0 Å². The van der Waals surface area contributed by atoms with Crippen LogP contribution < -0.4 is 0 Å². The molecule has 2 aliphatic carbocycles. The predicted molar refractivity (Wildman–Crippen MR) is 97.3 cm³/mol. The lowest BCUT2D eigenvalue weighted by atomic mass is 9.88. The Kier molecular flexibility index (Phi) is 6.55. The monoisotopic (exact) mass is 307 g/mol. The lowest BCUT2D eigenvalue weighted by Crippen LogP contribution is -2.59. The van der Waals surface area contributed by atoms with Crippen LogP contribution in [0.3, 0.4) is 0 Å². The van der Waals surface area contributed by atoms with Gasteiger partial charge in [0.05, 0.1) is 8.07 Å². The molecule has 122 valence electrons. The van der Waals surface area contributed by atoms with Crippen LogP contribution in [-0.2, 0) is 0 Å². The van der Waals surface area contributed by atoms with E-state index in [1.165, 1.54) is 70.6 Å². The van der Waals surface area contributed by atoms with Gasteiger partial charge in [-0.2, -0.15) is 0 Å². The second-order valence-corrected chi connectivity index (χ2v) is 12.7. The molecule has 0 heterocycles. The van der Waals surface area contributed by atoms with Crippen molar-refractivity contribution in [3.05, 3.63) is 12.3 Å². The van der Waals surface area contributed by atoms with Gasteiger partial charge in [0.15, 0.2) is 0 Å². The Morgan fingerprint density at radius 2 is 1.38 bits per heavy atom. The summed E-state index contributed by atoms with van der Waals surface area (Å²) in [6.07, 6.45) is 15.9. The zero-order chi connectivity index (χ0) is 15.3. The summed E-state index contributed by atoms with van der Waals surface area (Å²) in [7, 11) is -1.35. The van der Waals surface area contributed by atoms with E-state index in [1.807, 2.05) is 0 Å². The lowest BCUT2D eigenvalue weighted by Gasteiger charge is -2.50. The maximum absolute atomic E-state index is 4.21. The molecule has 1 nitrogen and oxygen atoms in total.